The van der Waals surface area contributed by atoms with E-state index in [9.17, 15) is 4.79 Å². The Morgan fingerprint density at radius 1 is 1.13 bits per heavy atom. The summed E-state index contributed by atoms with van der Waals surface area (Å²) in [6.07, 6.45) is 5.29. The Morgan fingerprint density at radius 2 is 1.87 bits per heavy atom. The fourth-order valence-corrected chi connectivity index (χ4v) is 3.36. The van der Waals surface area contributed by atoms with E-state index in [0.29, 0.717) is 18.7 Å². The molecule has 1 aromatic rings. The first-order chi connectivity index (χ1) is 11.2. The molecule has 0 spiro atoms. The number of ether oxygens (including phenoxy) is 2. The molecule has 0 radical (unpaired) electrons. The summed E-state index contributed by atoms with van der Waals surface area (Å²) >= 11 is 0. The molecule has 5 heteroatoms. The molecule has 3 rings (SSSR count). The summed E-state index contributed by atoms with van der Waals surface area (Å²) in [5.74, 6) is 0.978. The van der Waals surface area contributed by atoms with Crippen LogP contribution in [0.25, 0.3) is 0 Å². The van der Waals surface area contributed by atoms with Crippen molar-refractivity contribution in [1.82, 2.24) is 5.32 Å². The van der Waals surface area contributed by atoms with Gasteiger partial charge in [-0.3, -0.25) is 4.79 Å². The number of para-hydroxylation sites is 2. The van der Waals surface area contributed by atoms with Crippen molar-refractivity contribution in [3.05, 3.63) is 24.3 Å². The quantitative estimate of drug-likeness (QED) is 0.876. The maximum Gasteiger partial charge on any atom is 0.217 e. The van der Waals surface area contributed by atoms with Crippen molar-refractivity contribution < 1.29 is 14.3 Å². The number of rotatable bonds is 5. The second-order valence-corrected chi connectivity index (χ2v) is 6.49. The molecule has 23 heavy (non-hydrogen) atoms. The third-order valence-corrected chi connectivity index (χ3v) is 4.56. The van der Waals surface area contributed by atoms with E-state index in [2.05, 4.69) is 16.7 Å². The molecule has 1 aliphatic heterocycles. The Hall–Kier alpha value is -1.75. The highest BCUT2D eigenvalue weighted by Crippen LogP contribution is 2.30. The van der Waals surface area contributed by atoms with Gasteiger partial charge in [-0.2, -0.15) is 0 Å². The lowest BCUT2D eigenvalue weighted by Crippen LogP contribution is -2.39. The minimum absolute atomic E-state index is 0.0685. The maximum absolute atomic E-state index is 11.1. The molecule has 2 N–H and O–H groups in total. The van der Waals surface area contributed by atoms with Crippen molar-refractivity contribution >= 4 is 11.6 Å². The summed E-state index contributed by atoms with van der Waals surface area (Å²) in [6, 6.07) is 8.89. The first kappa shape index (κ1) is 16.1. The van der Waals surface area contributed by atoms with Crippen LogP contribution >= 0.6 is 0 Å². The van der Waals surface area contributed by atoms with Gasteiger partial charge in [0.2, 0.25) is 5.91 Å². The zero-order valence-corrected chi connectivity index (χ0v) is 13.7. The summed E-state index contributed by atoms with van der Waals surface area (Å²) in [6.45, 7) is 3.05. The van der Waals surface area contributed by atoms with Crippen LogP contribution in [0.5, 0.6) is 5.75 Å². The Bertz CT molecular complexity index is 521. The van der Waals surface area contributed by atoms with Gasteiger partial charge >= 0.3 is 0 Å². The Balaban J connectivity index is 1.55. The third-order valence-electron chi connectivity index (χ3n) is 4.56. The topological polar surface area (TPSA) is 59.6 Å². The zero-order chi connectivity index (χ0) is 16.1. The molecule has 2 aliphatic rings. The largest absolute Gasteiger partial charge is 0.486 e. The average Bonchev–Trinajstić information content (AvgIpc) is 3.04. The lowest BCUT2D eigenvalue weighted by atomic mass is 9.91. The highest BCUT2D eigenvalue weighted by Gasteiger charge is 2.23. The van der Waals surface area contributed by atoms with Gasteiger partial charge in [0.15, 0.2) is 0 Å². The van der Waals surface area contributed by atoms with Gasteiger partial charge in [0.25, 0.3) is 0 Å². The average molecular weight is 318 g/mol. The summed E-state index contributed by atoms with van der Waals surface area (Å²) in [5, 5.41) is 6.64. The number of amides is 1. The van der Waals surface area contributed by atoms with Crippen molar-refractivity contribution in [2.45, 2.75) is 57.2 Å². The van der Waals surface area contributed by atoms with Gasteiger partial charge in [-0.25, -0.2) is 0 Å². The summed E-state index contributed by atoms with van der Waals surface area (Å²) in [4.78, 5) is 11.1. The van der Waals surface area contributed by atoms with Gasteiger partial charge in [0.05, 0.1) is 18.9 Å². The first-order valence-electron chi connectivity index (χ1n) is 8.58. The Morgan fingerprint density at radius 3 is 2.57 bits per heavy atom. The molecule has 1 amide bonds. The minimum atomic E-state index is 0.0685. The van der Waals surface area contributed by atoms with Crippen molar-refractivity contribution in [3.8, 4) is 5.75 Å². The predicted molar refractivity (Wildman–Crippen MR) is 89.8 cm³/mol. The number of anilines is 1. The fourth-order valence-electron chi connectivity index (χ4n) is 3.36. The van der Waals surface area contributed by atoms with E-state index >= 15 is 0 Å². The van der Waals surface area contributed by atoms with Gasteiger partial charge in [-0.1, -0.05) is 12.1 Å². The lowest BCUT2D eigenvalue weighted by molar-refractivity contribution is -0.119. The van der Waals surface area contributed by atoms with Crippen LogP contribution < -0.4 is 15.4 Å². The van der Waals surface area contributed by atoms with E-state index in [0.717, 1.165) is 50.1 Å². The molecule has 0 unspecified atom stereocenters. The van der Waals surface area contributed by atoms with Crippen LogP contribution in [0.2, 0.25) is 0 Å². The second kappa shape index (κ2) is 7.68. The highest BCUT2D eigenvalue weighted by atomic mass is 16.5. The standard InChI is InChI=1S/C18H26N2O3/c1-13(21)19-14-6-8-15(9-7-14)20-17-4-2-3-5-18(17)23-16-10-11-22-12-16/h2-5,14-16,20H,6-12H2,1H3,(H,19,21)/t14?,15?,16-/m1/s1. The number of hydrogen-bond acceptors (Lipinski definition) is 4. The van der Waals surface area contributed by atoms with E-state index in [-0.39, 0.29) is 12.0 Å². The monoisotopic (exact) mass is 318 g/mol. The molecule has 126 valence electrons. The lowest BCUT2D eigenvalue weighted by Gasteiger charge is -2.30. The van der Waals surface area contributed by atoms with Crippen molar-refractivity contribution in [1.29, 1.82) is 0 Å². The predicted octanol–water partition coefficient (Wildman–Crippen LogP) is 2.71. The molecule has 0 aromatic heterocycles. The summed E-state index contributed by atoms with van der Waals surface area (Å²) in [5.41, 5.74) is 1.06. The Kier molecular flexibility index (Phi) is 5.39. The van der Waals surface area contributed by atoms with Gasteiger partial charge in [-0.15, -0.1) is 0 Å². The van der Waals surface area contributed by atoms with E-state index in [1.54, 1.807) is 6.92 Å². The molecular formula is C18H26N2O3. The normalized spacial score (nSPS) is 27.4. The van der Waals surface area contributed by atoms with Gasteiger partial charge in [-0.05, 0) is 37.8 Å². The second-order valence-electron chi connectivity index (χ2n) is 6.49. The SMILES string of the molecule is CC(=O)NC1CCC(Nc2ccccc2O[C@@H]2CCOC2)CC1. The van der Waals surface area contributed by atoms with Crippen LogP contribution in [0, 0.1) is 0 Å². The molecule has 1 heterocycles. The smallest absolute Gasteiger partial charge is 0.217 e. The zero-order valence-electron chi connectivity index (χ0n) is 13.7. The molecule has 0 bridgehead atoms. The number of nitrogens with one attached hydrogen (secondary N) is 2. The third kappa shape index (κ3) is 4.61. The van der Waals surface area contributed by atoms with Crippen LogP contribution in [0.3, 0.4) is 0 Å². The van der Waals surface area contributed by atoms with E-state index in [4.69, 9.17) is 9.47 Å². The maximum atomic E-state index is 11.1. The number of carbonyl (C=O) groups is 1. The van der Waals surface area contributed by atoms with E-state index in [1.807, 2.05) is 18.2 Å². The van der Waals surface area contributed by atoms with Crippen molar-refractivity contribution in [2.24, 2.45) is 0 Å². The van der Waals surface area contributed by atoms with Crippen molar-refractivity contribution in [2.75, 3.05) is 18.5 Å². The number of benzene rings is 1. The first-order valence-corrected chi connectivity index (χ1v) is 8.58. The molecule has 2 fully saturated rings. The van der Waals surface area contributed by atoms with Crippen LogP contribution in [0.4, 0.5) is 5.69 Å². The van der Waals surface area contributed by atoms with Gasteiger partial charge < -0.3 is 20.1 Å². The minimum Gasteiger partial charge on any atom is -0.486 e. The molecule has 1 saturated heterocycles. The summed E-state index contributed by atoms with van der Waals surface area (Å²) in [7, 11) is 0. The molecule has 1 saturated carbocycles. The van der Waals surface area contributed by atoms with Gasteiger partial charge in [0.1, 0.15) is 11.9 Å². The fraction of sp³-hybridized carbons (Fsp3) is 0.611. The van der Waals surface area contributed by atoms with E-state index in [1.165, 1.54) is 0 Å². The Labute approximate surface area is 137 Å². The summed E-state index contributed by atoms with van der Waals surface area (Å²) < 4.78 is 11.5. The highest BCUT2D eigenvalue weighted by molar-refractivity contribution is 5.73. The van der Waals surface area contributed by atoms with Crippen LogP contribution in [-0.4, -0.2) is 37.3 Å². The molecule has 1 atom stereocenters. The van der Waals surface area contributed by atoms with Crippen LogP contribution in [0.15, 0.2) is 24.3 Å². The van der Waals surface area contributed by atoms with Crippen molar-refractivity contribution in [3.63, 3.8) is 0 Å². The molecule has 5 nitrogen and oxygen atoms in total. The molecule has 1 aliphatic carbocycles. The number of hydrogen-bond donors (Lipinski definition) is 2. The van der Waals surface area contributed by atoms with Gasteiger partial charge in [0, 0.05) is 25.4 Å². The number of carbonyl (C=O) groups excluding carboxylic acids is 1. The molecule has 1 aromatic carbocycles. The van der Waals surface area contributed by atoms with Crippen LogP contribution in [-0.2, 0) is 9.53 Å². The molecular weight excluding hydrogens is 292 g/mol. The van der Waals surface area contributed by atoms with E-state index < -0.39 is 0 Å². The van der Waals surface area contributed by atoms with Crippen LogP contribution in [0.1, 0.15) is 39.0 Å².